The summed E-state index contributed by atoms with van der Waals surface area (Å²) in [6.45, 7) is 0.944. The van der Waals surface area contributed by atoms with Crippen molar-refractivity contribution in [2.24, 2.45) is 5.92 Å². The van der Waals surface area contributed by atoms with Gasteiger partial charge >= 0.3 is 0 Å². The first kappa shape index (κ1) is 15.5. The van der Waals surface area contributed by atoms with Gasteiger partial charge in [0.05, 0.1) is 5.92 Å². The summed E-state index contributed by atoms with van der Waals surface area (Å²) in [4.78, 5) is 26.3. The van der Waals surface area contributed by atoms with E-state index >= 15 is 0 Å². The zero-order chi connectivity index (χ0) is 16.2. The van der Waals surface area contributed by atoms with Gasteiger partial charge in [-0.1, -0.05) is 11.3 Å². The van der Waals surface area contributed by atoms with Crippen LogP contribution in [0.4, 0.5) is 9.52 Å². The van der Waals surface area contributed by atoms with Crippen molar-refractivity contribution in [3.05, 3.63) is 41.2 Å². The van der Waals surface area contributed by atoms with Crippen LogP contribution in [-0.2, 0) is 4.79 Å². The molecule has 1 aromatic carbocycles. The largest absolute Gasteiger partial charge is 0.338 e. The van der Waals surface area contributed by atoms with Crippen LogP contribution in [0.15, 0.2) is 29.8 Å². The Kier molecular flexibility index (Phi) is 4.61. The van der Waals surface area contributed by atoms with E-state index in [1.807, 2.05) is 0 Å². The molecule has 6 nitrogen and oxygen atoms in total. The smallest absolute Gasteiger partial charge is 0.253 e. The maximum absolute atomic E-state index is 13.0. The minimum atomic E-state index is -0.380. The molecule has 0 spiro atoms. The summed E-state index contributed by atoms with van der Waals surface area (Å²) >= 11 is 1.25. The second-order valence-corrected chi connectivity index (χ2v) is 6.16. The molecule has 0 radical (unpaired) electrons. The summed E-state index contributed by atoms with van der Waals surface area (Å²) in [5.74, 6) is -0.997. The Morgan fingerprint density at radius 2 is 2.09 bits per heavy atom. The van der Waals surface area contributed by atoms with Crippen molar-refractivity contribution in [3.8, 4) is 0 Å². The van der Waals surface area contributed by atoms with Crippen LogP contribution in [0.3, 0.4) is 0 Å². The predicted octanol–water partition coefficient (Wildman–Crippen LogP) is 2.17. The van der Waals surface area contributed by atoms with Gasteiger partial charge in [0.15, 0.2) is 0 Å². The molecule has 2 heterocycles. The van der Waals surface area contributed by atoms with Gasteiger partial charge in [0.25, 0.3) is 5.91 Å². The number of aromatic nitrogens is 2. The molecule has 1 saturated heterocycles. The molecule has 0 unspecified atom stereocenters. The maximum Gasteiger partial charge on any atom is 0.253 e. The lowest BCUT2D eigenvalue weighted by Gasteiger charge is -2.32. The van der Waals surface area contributed by atoms with Gasteiger partial charge in [-0.05, 0) is 37.1 Å². The van der Waals surface area contributed by atoms with Gasteiger partial charge in [-0.15, -0.1) is 10.2 Å². The molecule has 1 N–H and O–H groups in total. The van der Waals surface area contributed by atoms with Crippen molar-refractivity contribution in [1.82, 2.24) is 15.1 Å². The van der Waals surface area contributed by atoms with Crippen molar-refractivity contribution in [2.75, 3.05) is 18.4 Å². The fourth-order valence-corrected chi connectivity index (χ4v) is 3.03. The molecule has 8 heteroatoms. The van der Waals surface area contributed by atoms with E-state index < -0.39 is 0 Å². The van der Waals surface area contributed by atoms with Gasteiger partial charge in [0.1, 0.15) is 11.3 Å². The van der Waals surface area contributed by atoms with Crippen LogP contribution in [0, 0.1) is 11.7 Å². The maximum atomic E-state index is 13.0. The molecule has 1 atom stereocenters. The van der Waals surface area contributed by atoms with E-state index in [0.29, 0.717) is 23.8 Å². The molecule has 120 valence electrons. The SMILES string of the molecule is O=C(Nc1nncs1)[C@H]1CCCN(C(=O)c2ccc(F)cc2)C1. The molecule has 2 amide bonds. The Labute approximate surface area is 136 Å². The summed E-state index contributed by atoms with van der Waals surface area (Å²) < 4.78 is 13.0. The Bertz CT molecular complexity index is 690. The van der Waals surface area contributed by atoms with Crippen LogP contribution >= 0.6 is 11.3 Å². The van der Waals surface area contributed by atoms with E-state index in [9.17, 15) is 14.0 Å². The van der Waals surface area contributed by atoms with Crippen LogP contribution in [-0.4, -0.2) is 40.0 Å². The number of rotatable bonds is 3. The molecule has 2 aromatic rings. The van der Waals surface area contributed by atoms with Gasteiger partial charge in [-0.3, -0.25) is 9.59 Å². The average molecular weight is 334 g/mol. The highest BCUT2D eigenvalue weighted by Gasteiger charge is 2.29. The molecule has 0 bridgehead atoms. The summed E-state index contributed by atoms with van der Waals surface area (Å²) in [7, 11) is 0. The number of nitrogens with one attached hydrogen (secondary N) is 1. The highest BCUT2D eigenvalue weighted by Crippen LogP contribution is 2.21. The monoisotopic (exact) mass is 334 g/mol. The molecule has 3 rings (SSSR count). The Hall–Kier alpha value is -2.35. The van der Waals surface area contributed by atoms with Crippen LogP contribution in [0.25, 0.3) is 0 Å². The number of benzene rings is 1. The molecule has 0 saturated carbocycles. The second kappa shape index (κ2) is 6.82. The molecule has 1 fully saturated rings. The fourth-order valence-electron chi connectivity index (χ4n) is 2.59. The minimum Gasteiger partial charge on any atom is -0.338 e. The van der Waals surface area contributed by atoms with Gasteiger partial charge in [0, 0.05) is 18.7 Å². The number of hydrogen-bond acceptors (Lipinski definition) is 5. The molecular weight excluding hydrogens is 319 g/mol. The number of carbonyl (C=O) groups is 2. The quantitative estimate of drug-likeness (QED) is 0.933. The number of amides is 2. The summed E-state index contributed by atoms with van der Waals surface area (Å²) in [5, 5.41) is 10.6. The standard InChI is InChI=1S/C15H15FN4O2S/c16-12-5-3-10(4-6-12)14(22)20-7-1-2-11(8-20)13(21)18-15-19-17-9-23-15/h3-6,9,11H,1-2,7-8H2,(H,18,19,21)/t11-/m0/s1. The van der Waals surface area contributed by atoms with E-state index in [2.05, 4.69) is 15.5 Å². The number of likely N-dealkylation sites (tertiary alicyclic amines) is 1. The predicted molar refractivity (Wildman–Crippen MR) is 83.6 cm³/mol. The summed E-state index contributed by atoms with van der Waals surface area (Å²) in [6, 6.07) is 5.44. The van der Waals surface area contributed by atoms with Crippen molar-refractivity contribution in [3.63, 3.8) is 0 Å². The van der Waals surface area contributed by atoms with Gasteiger partial charge < -0.3 is 10.2 Å². The molecular formula is C15H15FN4O2S. The third-order valence-corrected chi connectivity index (χ3v) is 4.37. The zero-order valence-corrected chi connectivity index (χ0v) is 13.1. The molecule has 1 aromatic heterocycles. The third-order valence-electron chi connectivity index (χ3n) is 3.76. The van der Waals surface area contributed by atoms with Crippen molar-refractivity contribution < 1.29 is 14.0 Å². The fraction of sp³-hybridized carbons (Fsp3) is 0.333. The first-order chi connectivity index (χ1) is 11.1. The van der Waals surface area contributed by atoms with Crippen LogP contribution in [0.2, 0.25) is 0 Å². The number of carbonyl (C=O) groups excluding carboxylic acids is 2. The lowest BCUT2D eigenvalue weighted by atomic mass is 9.96. The van der Waals surface area contributed by atoms with E-state index in [4.69, 9.17) is 0 Å². The zero-order valence-electron chi connectivity index (χ0n) is 12.2. The number of halogens is 1. The number of piperidine rings is 1. The van der Waals surface area contributed by atoms with Crippen molar-refractivity contribution in [2.45, 2.75) is 12.8 Å². The van der Waals surface area contributed by atoms with Gasteiger partial charge in [-0.2, -0.15) is 0 Å². The first-order valence-corrected chi connectivity index (χ1v) is 8.13. The van der Waals surface area contributed by atoms with Crippen LogP contribution in [0.1, 0.15) is 23.2 Å². The molecule has 1 aliphatic rings. The molecule has 23 heavy (non-hydrogen) atoms. The lowest BCUT2D eigenvalue weighted by Crippen LogP contribution is -2.43. The Morgan fingerprint density at radius 3 is 2.78 bits per heavy atom. The normalized spacial score (nSPS) is 17.8. The van der Waals surface area contributed by atoms with Crippen LogP contribution in [0.5, 0.6) is 0 Å². The highest BCUT2D eigenvalue weighted by atomic mass is 32.1. The number of nitrogens with zero attached hydrogens (tertiary/aromatic N) is 3. The van der Waals surface area contributed by atoms with Gasteiger partial charge in [0.2, 0.25) is 11.0 Å². The summed E-state index contributed by atoms with van der Waals surface area (Å²) in [6.07, 6.45) is 1.47. The molecule has 1 aliphatic heterocycles. The van der Waals surface area contributed by atoms with Gasteiger partial charge in [-0.25, -0.2) is 4.39 Å². The van der Waals surface area contributed by atoms with E-state index in [0.717, 1.165) is 12.8 Å². The van der Waals surface area contributed by atoms with Crippen LogP contribution < -0.4 is 5.32 Å². The lowest BCUT2D eigenvalue weighted by molar-refractivity contribution is -0.121. The van der Waals surface area contributed by atoms with E-state index in [-0.39, 0.29) is 23.5 Å². The van der Waals surface area contributed by atoms with Crippen molar-refractivity contribution in [1.29, 1.82) is 0 Å². The summed E-state index contributed by atoms with van der Waals surface area (Å²) in [5.41, 5.74) is 1.97. The molecule has 0 aliphatic carbocycles. The van der Waals surface area contributed by atoms with E-state index in [1.54, 1.807) is 10.4 Å². The average Bonchev–Trinajstić information content (AvgIpc) is 3.08. The minimum absolute atomic E-state index is 0.154. The van der Waals surface area contributed by atoms with Crippen molar-refractivity contribution >= 4 is 28.3 Å². The Morgan fingerprint density at radius 1 is 1.30 bits per heavy atom. The third kappa shape index (κ3) is 3.70. The first-order valence-electron chi connectivity index (χ1n) is 7.25. The second-order valence-electron chi connectivity index (χ2n) is 5.33. The number of hydrogen-bond donors (Lipinski definition) is 1. The topological polar surface area (TPSA) is 75.2 Å². The highest BCUT2D eigenvalue weighted by molar-refractivity contribution is 7.13. The van der Waals surface area contributed by atoms with E-state index in [1.165, 1.54) is 35.6 Å². The Balaban J connectivity index is 1.64. The number of anilines is 1.